The molecule has 26 heavy (non-hydrogen) atoms. The topological polar surface area (TPSA) is 33.7 Å². The van der Waals surface area contributed by atoms with Crippen molar-refractivity contribution in [1.82, 2.24) is 4.90 Å². The van der Waals surface area contributed by atoms with Crippen molar-refractivity contribution in [3.63, 3.8) is 0 Å². The Morgan fingerprint density at radius 3 is 2.73 bits per heavy atom. The third-order valence-corrected chi connectivity index (χ3v) is 5.42. The van der Waals surface area contributed by atoms with Crippen LogP contribution in [0.15, 0.2) is 42.5 Å². The number of hydrogen-bond acceptors (Lipinski definition) is 3. The van der Waals surface area contributed by atoms with Crippen LogP contribution in [0.5, 0.6) is 11.5 Å². The Kier molecular flexibility index (Phi) is 4.98. The summed E-state index contributed by atoms with van der Waals surface area (Å²) in [5, 5.41) is 4.23. The highest BCUT2D eigenvalue weighted by molar-refractivity contribution is 7.80. The average molecular weight is 369 g/mol. The van der Waals surface area contributed by atoms with Crippen LogP contribution in [0.2, 0.25) is 0 Å². The number of benzene rings is 2. The van der Waals surface area contributed by atoms with E-state index in [0.717, 1.165) is 28.8 Å². The van der Waals surface area contributed by atoms with Gasteiger partial charge in [0.15, 0.2) is 16.6 Å². The summed E-state index contributed by atoms with van der Waals surface area (Å²) in [6.07, 6.45) is 4.94. The van der Waals surface area contributed by atoms with Crippen molar-refractivity contribution in [2.75, 3.05) is 12.1 Å². The number of nitrogens with one attached hydrogen (secondary N) is 1. The molecule has 1 aliphatic heterocycles. The standard InChI is InChI=1S/C21H24N2O2S/c1-15-5-4-6-17(11-15)22-21(26)23(18-7-2-3-8-18)13-16-9-10-19-20(12-16)25-14-24-19/h4-6,9-12,18H,2-3,7-8,13-14H2,1H3,(H,22,26). The van der Waals surface area contributed by atoms with Gasteiger partial charge < -0.3 is 19.7 Å². The molecule has 1 fully saturated rings. The van der Waals surface area contributed by atoms with Gasteiger partial charge in [-0.25, -0.2) is 0 Å². The zero-order valence-corrected chi connectivity index (χ0v) is 15.8. The molecule has 0 bridgehead atoms. The second kappa shape index (κ2) is 7.54. The number of anilines is 1. The Labute approximate surface area is 160 Å². The fourth-order valence-corrected chi connectivity index (χ4v) is 4.07. The Balaban J connectivity index is 1.53. The van der Waals surface area contributed by atoms with E-state index in [1.807, 2.05) is 6.07 Å². The molecule has 2 aromatic carbocycles. The molecule has 2 aromatic rings. The lowest BCUT2D eigenvalue weighted by atomic mass is 10.1. The number of nitrogens with zero attached hydrogens (tertiary/aromatic N) is 1. The highest BCUT2D eigenvalue weighted by atomic mass is 32.1. The van der Waals surface area contributed by atoms with E-state index >= 15 is 0 Å². The van der Waals surface area contributed by atoms with Gasteiger partial charge in [-0.05, 0) is 67.4 Å². The molecule has 1 N–H and O–H groups in total. The summed E-state index contributed by atoms with van der Waals surface area (Å²) >= 11 is 5.79. The number of rotatable bonds is 4. The monoisotopic (exact) mass is 368 g/mol. The van der Waals surface area contributed by atoms with Gasteiger partial charge in [0, 0.05) is 18.3 Å². The maximum Gasteiger partial charge on any atom is 0.231 e. The van der Waals surface area contributed by atoms with Crippen LogP contribution in [-0.2, 0) is 6.54 Å². The van der Waals surface area contributed by atoms with E-state index in [0.29, 0.717) is 12.8 Å². The molecule has 0 aromatic heterocycles. The lowest BCUT2D eigenvalue weighted by Gasteiger charge is -2.32. The van der Waals surface area contributed by atoms with Crippen LogP contribution >= 0.6 is 12.2 Å². The minimum atomic E-state index is 0.304. The quantitative estimate of drug-likeness (QED) is 0.779. The van der Waals surface area contributed by atoms with Crippen LogP contribution in [-0.4, -0.2) is 22.8 Å². The molecule has 0 amide bonds. The van der Waals surface area contributed by atoms with Crippen molar-refractivity contribution in [3.05, 3.63) is 53.6 Å². The van der Waals surface area contributed by atoms with Crippen LogP contribution in [0, 0.1) is 6.92 Å². The van der Waals surface area contributed by atoms with Gasteiger partial charge in [-0.15, -0.1) is 0 Å². The third kappa shape index (κ3) is 3.78. The van der Waals surface area contributed by atoms with Crippen LogP contribution in [0.4, 0.5) is 5.69 Å². The SMILES string of the molecule is Cc1cccc(NC(=S)N(Cc2ccc3c(c2)OCO3)C2CCCC2)c1. The molecule has 0 saturated heterocycles. The van der Waals surface area contributed by atoms with E-state index in [1.165, 1.54) is 36.8 Å². The van der Waals surface area contributed by atoms with Crippen molar-refractivity contribution in [2.24, 2.45) is 0 Å². The Bertz CT molecular complexity index is 802. The highest BCUT2D eigenvalue weighted by Crippen LogP contribution is 2.34. The summed E-state index contributed by atoms with van der Waals surface area (Å²) in [5.74, 6) is 1.65. The molecule has 0 unspecified atom stereocenters. The fraction of sp³-hybridized carbons (Fsp3) is 0.381. The molecule has 2 aliphatic rings. The third-order valence-electron chi connectivity index (χ3n) is 5.09. The van der Waals surface area contributed by atoms with Crippen molar-refractivity contribution in [1.29, 1.82) is 0 Å². The van der Waals surface area contributed by atoms with E-state index in [9.17, 15) is 0 Å². The second-order valence-corrected chi connectivity index (χ2v) is 7.44. The van der Waals surface area contributed by atoms with Crippen LogP contribution in [0.25, 0.3) is 0 Å². The predicted octanol–water partition coefficient (Wildman–Crippen LogP) is 4.87. The minimum absolute atomic E-state index is 0.304. The van der Waals surface area contributed by atoms with Crippen molar-refractivity contribution >= 4 is 23.0 Å². The first-order chi connectivity index (χ1) is 12.7. The molecule has 5 heteroatoms. The van der Waals surface area contributed by atoms with Crippen LogP contribution in [0.1, 0.15) is 36.8 Å². The van der Waals surface area contributed by atoms with Crippen LogP contribution < -0.4 is 14.8 Å². The molecular weight excluding hydrogens is 344 g/mol. The maximum absolute atomic E-state index is 5.79. The number of aryl methyl sites for hydroxylation is 1. The Morgan fingerprint density at radius 1 is 1.12 bits per heavy atom. The first kappa shape index (κ1) is 17.2. The van der Waals surface area contributed by atoms with Gasteiger partial charge in [0.25, 0.3) is 0 Å². The fourth-order valence-electron chi connectivity index (χ4n) is 3.74. The first-order valence-electron chi connectivity index (χ1n) is 9.22. The van der Waals surface area contributed by atoms with E-state index in [2.05, 4.69) is 53.5 Å². The Morgan fingerprint density at radius 2 is 1.92 bits per heavy atom. The van der Waals surface area contributed by atoms with E-state index < -0.39 is 0 Å². The molecule has 0 spiro atoms. The smallest absolute Gasteiger partial charge is 0.231 e. The average Bonchev–Trinajstić information content (AvgIpc) is 3.30. The summed E-state index contributed by atoms with van der Waals surface area (Å²) in [4.78, 5) is 2.34. The zero-order chi connectivity index (χ0) is 17.9. The van der Waals surface area contributed by atoms with Gasteiger partial charge in [-0.2, -0.15) is 0 Å². The van der Waals surface area contributed by atoms with Gasteiger partial charge in [-0.3, -0.25) is 0 Å². The van der Waals surface area contributed by atoms with E-state index in [-0.39, 0.29) is 0 Å². The minimum Gasteiger partial charge on any atom is -0.454 e. The molecule has 0 atom stereocenters. The summed E-state index contributed by atoms with van der Waals surface area (Å²) in [6, 6.07) is 15.0. The van der Waals surface area contributed by atoms with Crippen molar-refractivity contribution < 1.29 is 9.47 Å². The molecule has 136 valence electrons. The van der Waals surface area contributed by atoms with Gasteiger partial charge in [0.2, 0.25) is 6.79 Å². The highest BCUT2D eigenvalue weighted by Gasteiger charge is 2.25. The first-order valence-corrected chi connectivity index (χ1v) is 9.63. The van der Waals surface area contributed by atoms with Gasteiger partial charge in [0.1, 0.15) is 0 Å². The molecule has 4 nitrogen and oxygen atoms in total. The van der Waals surface area contributed by atoms with Gasteiger partial charge in [0.05, 0.1) is 0 Å². The molecule has 1 aliphatic carbocycles. The summed E-state index contributed by atoms with van der Waals surface area (Å²) in [6.45, 7) is 3.17. The number of thiocarbonyl (C=S) groups is 1. The molecule has 0 radical (unpaired) electrons. The van der Waals surface area contributed by atoms with Crippen molar-refractivity contribution in [2.45, 2.75) is 45.2 Å². The second-order valence-electron chi connectivity index (χ2n) is 7.05. The lowest BCUT2D eigenvalue weighted by Crippen LogP contribution is -2.40. The number of hydrogen-bond donors (Lipinski definition) is 1. The predicted molar refractivity (Wildman–Crippen MR) is 108 cm³/mol. The number of fused-ring (bicyclic) bond motifs is 1. The summed E-state index contributed by atoms with van der Waals surface area (Å²) < 4.78 is 10.9. The van der Waals surface area contributed by atoms with E-state index in [1.54, 1.807) is 0 Å². The summed E-state index contributed by atoms with van der Waals surface area (Å²) in [5.41, 5.74) is 3.46. The summed E-state index contributed by atoms with van der Waals surface area (Å²) in [7, 11) is 0. The number of ether oxygens (including phenoxy) is 2. The maximum atomic E-state index is 5.79. The largest absolute Gasteiger partial charge is 0.454 e. The lowest BCUT2D eigenvalue weighted by molar-refractivity contribution is 0.174. The van der Waals surface area contributed by atoms with Crippen molar-refractivity contribution in [3.8, 4) is 11.5 Å². The molecular formula is C21H24N2O2S. The molecule has 1 heterocycles. The van der Waals surface area contributed by atoms with E-state index in [4.69, 9.17) is 21.7 Å². The zero-order valence-electron chi connectivity index (χ0n) is 15.0. The Hall–Kier alpha value is -2.27. The normalized spacial score (nSPS) is 15.9. The molecule has 1 saturated carbocycles. The van der Waals surface area contributed by atoms with Gasteiger partial charge >= 0.3 is 0 Å². The molecule has 4 rings (SSSR count). The van der Waals surface area contributed by atoms with Gasteiger partial charge in [-0.1, -0.05) is 31.0 Å². The van der Waals surface area contributed by atoms with Crippen LogP contribution in [0.3, 0.4) is 0 Å².